The Kier molecular flexibility index (Phi) is 4.62. The van der Waals surface area contributed by atoms with Gasteiger partial charge in [-0.1, -0.05) is 6.92 Å². The van der Waals surface area contributed by atoms with Crippen molar-refractivity contribution in [3.05, 3.63) is 0 Å². The Morgan fingerprint density at radius 1 is 1.19 bits per heavy atom. The second-order valence-corrected chi connectivity index (χ2v) is 5.51. The van der Waals surface area contributed by atoms with Gasteiger partial charge in [0.25, 0.3) is 0 Å². The van der Waals surface area contributed by atoms with Crippen molar-refractivity contribution in [2.24, 2.45) is 5.92 Å². The molecular weight excluding hydrogens is 200 g/mol. The molecular formula is C13H26N2O. The molecule has 3 heteroatoms. The second kappa shape index (κ2) is 5.99. The van der Waals surface area contributed by atoms with Crippen LogP contribution in [0.15, 0.2) is 0 Å². The Morgan fingerprint density at radius 2 is 2.06 bits per heavy atom. The molecule has 2 unspecified atom stereocenters. The molecule has 2 rings (SSSR count). The van der Waals surface area contributed by atoms with Crippen LogP contribution in [-0.4, -0.2) is 61.8 Å². The smallest absolute Gasteiger partial charge is 0.0619 e. The summed E-state index contributed by atoms with van der Waals surface area (Å²) in [5.41, 5.74) is 0. The third-order valence-corrected chi connectivity index (χ3v) is 3.95. The largest absolute Gasteiger partial charge is 0.379 e. The molecule has 0 aromatic carbocycles. The molecule has 0 saturated carbocycles. The first-order chi connectivity index (χ1) is 7.75. The maximum atomic E-state index is 5.47. The van der Waals surface area contributed by atoms with Crippen molar-refractivity contribution in [2.45, 2.75) is 32.7 Å². The van der Waals surface area contributed by atoms with E-state index in [1.165, 1.54) is 39.0 Å². The van der Waals surface area contributed by atoms with Crippen molar-refractivity contribution in [3.8, 4) is 0 Å². The highest BCUT2D eigenvalue weighted by molar-refractivity contribution is 4.75. The second-order valence-electron chi connectivity index (χ2n) is 5.51. The summed E-state index contributed by atoms with van der Waals surface area (Å²) < 4.78 is 5.47. The predicted molar refractivity (Wildman–Crippen MR) is 66.7 cm³/mol. The molecule has 0 aromatic rings. The first-order valence-corrected chi connectivity index (χ1v) is 6.80. The maximum absolute atomic E-state index is 5.47. The van der Waals surface area contributed by atoms with E-state index in [0.717, 1.165) is 25.7 Å². The molecule has 2 aliphatic rings. The van der Waals surface area contributed by atoms with Crippen LogP contribution in [0.2, 0.25) is 0 Å². The standard InChI is InChI=1S/C13H26N2O/c1-12-4-3-5-14(10-12)6-7-15-8-9-16-11-13(15)2/h12-13H,3-11H2,1-2H3. The van der Waals surface area contributed by atoms with Crippen LogP contribution in [0, 0.1) is 5.92 Å². The zero-order valence-corrected chi connectivity index (χ0v) is 10.8. The highest BCUT2D eigenvalue weighted by Crippen LogP contribution is 2.15. The molecule has 16 heavy (non-hydrogen) atoms. The normalized spacial score (nSPS) is 34.1. The van der Waals surface area contributed by atoms with E-state index in [0.29, 0.717) is 6.04 Å². The van der Waals surface area contributed by atoms with E-state index < -0.39 is 0 Å². The van der Waals surface area contributed by atoms with Crippen LogP contribution < -0.4 is 0 Å². The lowest BCUT2D eigenvalue weighted by Crippen LogP contribution is -2.48. The van der Waals surface area contributed by atoms with Gasteiger partial charge in [-0.2, -0.15) is 0 Å². The molecule has 2 aliphatic heterocycles. The lowest BCUT2D eigenvalue weighted by Gasteiger charge is -2.36. The number of hydrogen-bond acceptors (Lipinski definition) is 3. The molecule has 0 bridgehead atoms. The number of piperidine rings is 1. The number of morpholine rings is 1. The first kappa shape index (κ1) is 12.3. The predicted octanol–water partition coefficient (Wildman–Crippen LogP) is 1.44. The van der Waals surface area contributed by atoms with Gasteiger partial charge in [0.05, 0.1) is 13.2 Å². The van der Waals surface area contributed by atoms with Crippen LogP contribution in [0.3, 0.4) is 0 Å². The summed E-state index contributed by atoms with van der Waals surface area (Å²) in [5.74, 6) is 0.899. The molecule has 0 N–H and O–H groups in total. The van der Waals surface area contributed by atoms with Gasteiger partial charge in [-0.05, 0) is 32.2 Å². The molecule has 0 radical (unpaired) electrons. The summed E-state index contributed by atoms with van der Waals surface area (Å²) >= 11 is 0. The van der Waals surface area contributed by atoms with Crippen LogP contribution in [-0.2, 0) is 4.74 Å². The lowest BCUT2D eigenvalue weighted by atomic mass is 10.0. The number of rotatable bonds is 3. The minimum Gasteiger partial charge on any atom is -0.379 e. The molecule has 2 fully saturated rings. The molecule has 3 nitrogen and oxygen atoms in total. The Hall–Kier alpha value is -0.120. The summed E-state index contributed by atoms with van der Waals surface area (Å²) in [7, 11) is 0. The van der Waals surface area contributed by atoms with Crippen molar-refractivity contribution in [1.29, 1.82) is 0 Å². The molecule has 0 spiro atoms. The van der Waals surface area contributed by atoms with Crippen LogP contribution in [0.1, 0.15) is 26.7 Å². The number of likely N-dealkylation sites (tertiary alicyclic amines) is 1. The number of hydrogen-bond donors (Lipinski definition) is 0. The first-order valence-electron chi connectivity index (χ1n) is 6.80. The van der Waals surface area contributed by atoms with Crippen molar-refractivity contribution in [2.75, 3.05) is 45.9 Å². The van der Waals surface area contributed by atoms with E-state index in [9.17, 15) is 0 Å². The molecule has 2 atom stereocenters. The van der Waals surface area contributed by atoms with Crippen LogP contribution in [0.4, 0.5) is 0 Å². The molecule has 94 valence electrons. The fourth-order valence-electron chi connectivity index (χ4n) is 2.85. The summed E-state index contributed by atoms with van der Waals surface area (Å²) in [4.78, 5) is 5.21. The van der Waals surface area contributed by atoms with Gasteiger partial charge in [0.15, 0.2) is 0 Å². The SMILES string of the molecule is CC1CCCN(CCN2CCOCC2C)C1. The van der Waals surface area contributed by atoms with Gasteiger partial charge in [0.1, 0.15) is 0 Å². The van der Waals surface area contributed by atoms with E-state index in [2.05, 4.69) is 23.6 Å². The average Bonchev–Trinajstić information content (AvgIpc) is 2.28. The summed E-state index contributed by atoms with van der Waals surface area (Å²) in [6.45, 7) is 12.7. The third kappa shape index (κ3) is 3.44. The van der Waals surface area contributed by atoms with E-state index in [-0.39, 0.29) is 0 Å². The number of nitrogens with zero attached hydrogens (tertiary/aromatic N) is 2. The Balaban J connectivity index is 1.69. The van der Waals surface area contributed by atoms with Gasteiger partial charge in [0, 0.05) is 32.2 Å². The van der Waals surface area contributed by atoms with Crippen LogP contribution >= 0.6 is 0 Å². The van der Waals surface area contributed by atoms with E-state index >= 15 is 0 Å². The monoisotopic (exact) mass is 226 g/mol. The van der Waals surface area contributed by atoms with Crippen molar-refractivity contribution >= 4 is 0 Å². The summed E-state index contributed by atoms with van der Waals surface area (Å²) in [6.07, 6.45) is 2.81. The van der Waals surface area contributed by atoms with Gasteiger partial charge in [-0.3, -0.25) is 4.90 Å². The zero-order chi connectivity index (χ0) is 11.4. The molecule has 0 aromatic heterocycles. The minimum atomic E-state index is 0.607. The van der Waals surface area contributed by atoms with E-state index in [4.69, 9.17) is 4.74 Å². The Labute approximate surface area is 99.7 Å². The highest BCUT2D eigenvalue weighted by atomic mass is 16.5. The van der Waals surface area contributed by atoms with Crippen LogP contribution in [0.5, 0.6) is 0 Å². The van der Waals surface area contributed by atoms with Gasteiger partial charge in [-0.25, -0.2) is 0 Å². The highest BCUT2D eigenvalue weighted by Gasteiger charge is 2.21. The fourth-order valence-corrected chi connectivity index (χ4v) is 2.85. The molecule has 0 amide bonds. The van der Waals surface area contributed by atoms with Crippen LogP contribution in [0.25, 0.3) is 0 Å². The van der Waals surface area contributed by atoms with Gasteiger partial charge in [-0.15, -0.1) is 0 Å². The van der Waals surface area contributed by atoms with E-state index in [1.807, 2.05) is 0 Å². The van der Waals surface area contributed by atoms with Crippen molar-refractivity contribution in [3.63, 3.8) is 0 Å². The maximum Gasteiger partial charge on any atom is 0.0619 e. The topological polar surface area (TPSA) is 15.7 Å². The zero-order valence-electron chi connectivity index (χ0n) is 10.8. The quantitative estimate of drug-likeness (QED) is 0.724. The van der Waals surface area contributed by atoms with Gasteiger partial charge < -0.3 is 9.64 Å². The molecule has 0 aliphatic carbocycles. The van der Waals surface area contributed by atoms with E-state index in [1.54, 1.807) is 0 Å². The Morgan fingerprint density at radius 3 is 2.81 bits per heavy atom. The van der Waals surface area contributed by atoms with Crippen molar-refractivity contribution < 1.29 is 4.74 Å². The minimum absolute atomic E-state index is 0.607. The van der Waals surface area contributed by atoms with Crippen molar-refractivity contribution in [1.82, 2.24) is 9.80 Å². The summed E-state index contributed by atoms with van der Waals surface area (Å²) in [6, 6.07) is 0.607. The fraction of sp³-hybridized carbons (Fsp3) is 1.00. The molecule has 2 heterocycles. The van der Waals surface area contributed by atoms with Gasteiger partial charge >= 0.3 is 0 Å². The summed E-state index contributed by atoms with van der Waals surface area (Å²) in [5, 5.41) is 0. The third-order valence-electron chi connectivity index (χ3n) is 3.95. The number of ether oxygens (including phenoxy) is 1. The molecule has 2 saturated heterocycles. The average molecular weight is 226 g/mol. The van der Waals surface area contributed by atoms with Gasteiger partial charge in [0.2, 0.25) is 0 Å². The Bertz CT molecular complexity index is 210. The lowest BCUT2D eigenvalue weighted by molar-refractivity contribution is -0.00548.